The Bertz CT molecular complexity index is 5020. The van der Waals surface area contributed by atoms with Gasteiger partial charge < -0.3 is 18.3 Å². The normalized spacial score (nSPS) is 12.0. The van der Waals surface area contributed by atoms with E-state index in [-0.39, 0.29) is 5.56 Å². The van der Waals surface area contributed by atoms with Gasteiger partial charge in [-0.3, -0.25) is 0 Å². The summed E-state index contributed by atoms with van der Waals surface area (Å²) >= 11 is 0. The third-order valence-corrected chi connectivity index (χ3v) is 15.7. The van der Waals surface area contributed by atoms with Gasteiger partial charge in [0.1, 0.15) is 0 Å². The fourth-order valence-corrected chi connectivity index (χ4v) is 12.3. The second kappa shape index (κ2) is 17.0. The molecule has 6 nitrogen and oxygen atoms in total. The van der Waals surface area contributed by atoms with Crippen LogP contribution in [0.2, 0.25) is 0 Å². The molecule has 0 aliphatic heterocycles. The zero-order valence-corrected chi connectivity index (χ0v) is 41.3. The van der Waals surface area contributed by atoms with Gasteiger partial charge in [0.25, 0.3) is 0 Å². The van der Waals surface area contributed by atoms with Crippen molar-refractivity contribution in [2.24, 2.45) is 0 Å². The van der Waals surface area contributed by atoms with Gasteiger partial charge in [-0.2, -0.15) is 23.7 Å². The zero-order chi connectivity index (χ0) is 52.4. The minimum Gasteiger partial charge on any atom is -0.309 e. The van der Waals surface area contributed by atoms with E-state index in [1.165, 1.54) is 16.8 Å². The van der Waals surface area contributed by atoms with Crippen LogP contribution < -0.4 is 0 Å². The number of alkyl halides is 3. The van der Waals surface area contributed by atoms with Crippen molar-refractivity contribution in [3.63, 3.8) is 0 Å². The van der Waals surface area contributed by atoms with Gasteiger partial charge in [-0.05, 0) is 114 Å². The van der Waals surface area contributed by atoms with Crippen molar-refractivity contribution < 1.29 is 13.2 Å². The summed E-state index contributed by atoms with van der Waals surface area (Å²) in [6.45, 7) is 0. The van der Waals surface area contributed by atoms with Crippen LogP contribution in [0.5, 0.6) is 0 Å². The number of hydrogen-bond acceptors (Lipinski definition) is 2. The highest BCUT2D eigenvalue weighted by atomic mass is 19.4. The molecule has 0 unspecified atom stereocenters. The maximum Gasteiger partial charge on any atom is 0.416 e. The average Bonchev–Trinajstić information content (AvgIpc) is 4.38. The van der Waals surface area contributed by atoms with Gasteiger partial charge in [-0.1, -0.05) is 133 Å². The first-order chi connectivity index (χ1) is 38.2. The van der Waals surface area contributed by atoms with Crippen molar-refractivity contribution >= 4 is 87.2 Å². The summed E-state index contributed by atoms with van der Waals surface area (Å²) in [5, 5.41) is 29.8. The third kappa shape index (κ3) is 6.62. The van der Waals surface area contributed by atoms with Crippen molar-refractivity contribution in [1.29, 1.82) is 10.5 Å². The maximum atomic E-state index is 14.2. The van der Waals surface area contributed by atoms with Crippen LogP contribution in [-0.2, 0) is 6.18 Å². The van der Waals surface area contributed by atoms with E-state index < -0.39 is 11.7 Å². The van der Waals surface area contributed by atoms with Crippen LogP contribution in [0.25, 0.3) is 132 Å². The van der Waals surface area contributed by atoms with Crippen LogP contribution in [-0.4, -0.2) is 18.3 Å². The SMILES string of the molecule is N#Cc1ccc(-c2ccc(-c3ccc(C(F)(F)F)cc3C#N)cc2-n2c3ccccc3c3cc(-n4c5ccccc5c5ccccc54)ccc32)c(-n2c3ccccc3c3cc(-n4c5ccccc5c5ccccc54)ccc32)c1. The first-order valence-corrected chi connectivity index (χ1v) is 25.6. The molecular formula is C69H39F3N6. The Labute approximate surface area is 443 Å². The molecule has 0 aliphatic carbocycles. The lowest BCUT2D eigenvalue weighted by Gasteiger charge is -2.20. The maximum absolute atomic E-state index is 14.2. The van der Waals surface area contributed by atoms with Gasteiger partial charge in [0.15, 0.2) is 0 Å². The largest absolute Gasteiger partial charge is 0.416 e. The minimum absolute atomic E-state index is 0.0915. The van der Waals surface area contributed by atoms with Crippen LogP contribution in [0.3, 0.4) is 0 Å². The highest BCUT2D eigenvalue weighted by Crippen LogP contribution is 2.45. The van der Waals surface area contributed by atoms with Crippen molar-refractivity contribution in [3.8, 4) is 57.1 Å². The minimum atomic E-state index is -4.63. The fraction of sp³-hybridized carbons (Fsp3) is 0.0145. The van der Waals surface area contributed by atoms with Gasteiger partial charge in [-0.25, -0.2) is 0 Å². The van der Waals surface area contributed by atoms with Crippen LogP contribution >= 0.6 is 0 Å². The number of nitriles is 2. The van der Waals surface area contributed by atoms with Crippen molar-refractivity contribution in [2.45, 2.75) is 6.18 Å². The number of fused-ring (bicyclic) bond motifs is 12. The van der Waals surface area contributed by atoms with Crippen LogP contribution in [0, 0.1) is 22.7 Å². The van der Waals surface area contributed by atoms with E-state index in [4.69, 9.17) is 0 Å². The molecule has 78 heavy (non-hydrogen) atoms. The number of para-hydroxylation sites is 6. The zero-order valence-electron chi connectivity index (χ0n) is 41.3. The lowest BCUT2D eigenvalue weighted by molar-refractivity contribution is -0.137. The summed E-state index contributed by atoms with van der Waals surface area (Å²) in [6, 6.07) is 82.9. The van der Waals surface area contributed by atoms with Gasteiger partial charge >= 0.3 is 6.18 Å². The Morgan fingerprint density at radius 3 is 1.10 bits per heavy atom. The van der Waals surface area contributed by atoms with E-state index in [1.54, 1.807) is 0 Å². The Morgan fingerprint density at radius 2 is 0.679 bits per heavy atom. The molecule has 15 aromatic rings. The highest BCUT2D eigenvalue weighted by molar-refractivity contribution is 6.15. The quantitative estimate of drug-likeness (QED) is 0.167. The predicted octanol–water partition coefficient (Wildman–Crippen LogP) is 18.2. The molecule has 0 N–H and O–H groups in total. The summed E-state index contributed by atoms with van der Waals surface area (Å²) < 4.78 is 51.6. The monoisotopic (exact) mass is 1010 g/mol. The van der Waals surface area contributed by atoms with Crippen LogP contribution in [0.4, 0.5) is 13.2 Å². The highest BCUT2D eigenvalue weighted by Gasteiger charge is 2.32. The first-order valence-electron chi connectivity index (χ1n) is 25.6. The van der Waals surface area contributed by atoms with Crippen molar-refractivity contribution in [3.05, 3.63) is 253 Å². The average molecular weight is 1010 g/mol. The van der Waals surface area contributed by atoms with Gasteiger partial charge in [0.2, 0.25) is 0 Å². The molecule has 9 heteroatoms. The van der Waals surface area contributed by atoms with Gasteiger partial charge in [0.05, 0.1) is 84.3 Å². The van der Waals surface area contributed by atoms with Crippen molar-refractivity contribution in [2.75, 3.05) is 0 Å². The Kier molecular flexibility index (Phi) is 9.75. The third-order valence-electron chi connectivity index (χ3n) is 15.7. The molecule has 0 saturated heterocycles. The number of hydrogen-bond donors (Lipinski definition) is 0. The number of aromatic nitrogens is 4. The molecule has 0 radical (unpaired) electrons. The Hall–Kier alpha value is -10.6. The van der Waals surface area contributed by atoms with E-state index >= 15 is 0 Å². The van der Waals surface area contributed by atoms with E-state index in [9.17, 15) is 23.7 Å². The molecule has 366 valence electrons. The van der Waals surface area contributed by atoms with Crippen LogP contribution in [0.1, 0.15) is 16.7 Å². The summed E-state index contributed by atoms with van der Waals surface area (Å²) in [7, 11) is 0. The molecule has 0 atom stereocenters. The Balaban J connectivity index is 1.000. The van der Waals surface area contributed by atoms with E-state index in [0.29, 0.717) is 16.7 Å². The van der Waals surface area contributed by atoms with Gasteiger partial charge in [0, 0.05) is 65.6 Å². The van der Waals surface area contributed by atoms with Gasteiger partial charge in [-0.15, -0.1) is 0 Å². The molecular weight excluding hydrogens is 970 g/mol. The molecule has 0 spiro atoms. The second-order valence-corrected chi connectivity index (χ2v) is 19.8. The number of nitrogens with zero attached hydrogens (tertiary/aromatic N) is 6. The smallest absolute Gasteiger partial charge is 0.309 e. The fourth-order valence-electron chi connectivity index (χ4n) is 12.3. The summed E-state index contributed by atoms with van der Waals surface area (Å²) in [6.07, 6.45) is -4.63. The molecule has 4 heterocycles. The molecule has 0 fully saturated rings. The topological polar surface area (TPSA) is 67.3 Å². The molecule has 11 aromatic carbocycles. The molecule has 0 aliphatic rings. The lowest BCUT2D eigenvalue weighted by atomic mass is 9.93. The molecule has 0 saturated carbocycles. The summed E-state index contributed by atoms with van der Waals surface area (Å²) in [5.41, 5.74) is 13.6. The van der Waals surface area contributed by atoms with Crippen LogP contribution in [0.15, 0.2) is 237 Å². The standard InChI is InChI=1S/C69H39F3N6/c70-69(71,72)45-27-32-48(44(36-45)41-74)43-26-31-56(68(37-43)78-64-24-12-6-18-54(64)58-39-47(29-34-66(58)78)76-61-21-9-3-15-51(61)52-16-4-10-22-62(52)76)55-30-25-42(40-73)35-67(55)77-63-23-11-5-17-53(63)57-38-46(28-33-65(57)77)75-59-19-7-1-13-49(59)50-14-2-8-20-60(50)75/h1-39H. The number of rotatable bonds is 6. The summed E-state index contributed by atoms with van der Waals surface area (Å²) in [4.78, 5) is 0. The number of halogens is 3. The molecule has 15 rings (SSSR count). The Morgan fingerprint density at radius 1 is 0.308 bits per heavy atom. The molecule has 0 amide bonds. The van der Waals surface area contributed by atoms with E-state index in [0.717, 1.165) is 122 Å². The molecule has 0 bridgehead atoms. The second-order valence-electron chi connectivity index (χ2n) is 19.8. The first kappa shape index (κ1) is 44.8. The summed E-state index contributed by atoms with van der Waals surface area (Å²) in [5.74, 6) is 0. The molecule has 4 aromatic heterocycles. The lowest BCUT2D eigenvalue weighted by Crippen LogP contribution is -2.05. The van der Waals surface area contributed by atoms with E-state index in [1.807, 2.05) is 60.7 Å². The predicted molar refractivity (Wildman–Crippen MR) is 309 cm³/mol. The van der Waals surface area contributed by atoms with Crippen molar-refractivity contribution in [1.82, 2.24) is 18.3 Å². The number of benzene rings is 11. The van der Waals surface area contributed by atoms with E-state index in [2.05, 4.69) is 188 Å².